The van der Waals surface area contributed by atoms with Crippen LogP contribution in [-0.4, -0.2) is 24.9 Å². The Kier molecular flexibility index (Phi) is 8.41. The first-order valence-corrected chi connectivity index (χ1v) is 14.4. The van der Waals surface area contributed by atoms with Crippen LogP contribution >= 0.6 is 0 Å². The van der Waals surface area contributed by atoms with Crippen molar-refractivity contribution in [3.8, 4) is 0 Å². The fourth-order valence-electron chi connectivity index (χ4n) is 4.19. The molecular formula is C28H34O2SSi. The Bertz CT molecular complexity index is 972. The SMILES string of the molecule is C[C@@H](/C=C\CO[Si](c1ccccc1)(c1ccccc1)C(C)(C)C)C[S@](=O)c1ccccc1. The molecule has 0 bridgehead atoms. The van der Waals surface area contributed by atoms with Crippen molar-refractivity contribution in [2.75, 3.05) is 12.4 Å². The van der Waals surface area contributed by atoms with Crippen LogP contribution in [0, 0.1) is 5.92 Å². The molecule has 0 N–H and O–H groups in total. The second-order valence-electron chi connectivity index (χ2n) is 9.20. The molecule has 0 unspecified atom stereocenters. The summed E-state index contributed by atoms with van der Waals surface area (Å²) in [6.45, 7) is 9.51. The molecular weight excluding hydrogens is 428 g/mol. The summed E-state index contributed by atoms with van der Waals surface area (Å²) in [5.74, 6) is 0.818. The lowest BCUT2D eigenvalue weighted by atomic mass is 10.2. The smallest absolute Gasteiger partial charge is 0.261 e. The lowest BCUT2D eigenvalue weighted by Crippen LogP contribution is -2.66. The third kappa shape index (κ3) is 5.74. The van der Waals surface area contributed by atoms with Gasteiger partial charge >= 0.3 is 0 Å². The molecule has 0 fully saturated rings. The highest BCUT2D eigenvalue weighted by Crippen LogP contribution is 2.36. The highest BCUT2D eigenvalue weighted by Gasteiger charge is 2.49. The van der Waals surface area contributed by atoms with Crippen LogP contribution in [0.25, 0.3) is 0 Å². The summed E-state index contributed by atoms with van der Waals surface area (Å²) < 4.78 is 19.5. The molecule has 0 aliphatic heterocycles. The largest absolute Gasteiger partial charge is 0.404 e. The van der Waals surface area contributed by atoms with Crippen molar-refractivity contribution in [1.29, 1.82) is 0 Å². The highest BCUT2D eigenvalue weighted by molar-refractivity contribution is 7.85. The normalized spacial score (nSPS) is 14.4. The van der Waals surface area contributed by atoms with Gasteiger partial charge in [-0.1, -0.05) is 119 Å². The van der Waals surface area contributed by atoms with Crippen LogP contribution in [0.2, 0.25) is 5.04 Å². The van der Waals surface area contributed by atoms with Gasteiger partial charge in [0.05, 0.1) is 17.4 Å². The van der Waals surface area contributed by atoms with E-state index >= 15 is 0 Å². The molecule has 0 saturated heterocycles. The summed E-state index contributed by atoms with van der Waals surface area (Å²) >= 11 is 0. The molecule has 2 nitrogen and oxygen atoms in total. The Hall–Kier alpha value is -2.27. The van der Waals surface area contributed by atoms with Gasteiger partial charge in [-0.3, -0.25) is 4.21 Å². The van der Waals surface area contributed by atoms with Crippen LogP contribution in [-0.2, 0) is 15.2 Å². The third-order valence-electron chi connectivity index (χ3n) is 5.70. The van der Waals surface area contributed by atoms with Crippen LogP contribution in [0.4, 0.5) is 0 Å². The molecule has 2 atom stereocenters. The van der Waals surface area contributed by atoms with Crippen molar-refractivity contribution in [2.45, 2.75) is 37.6 Å². The Balaban J connectivity index is 1.78. The molecule has 0 aliphatic carbocycles. The number of hydrogen-bond donors (Lipinski definition) is 0. The van der Waals surface area contributed by atoms with Gasteiger partial charge in [0.15, 0.2) is 0 Å². The summed E-state index contributed by atoms with van der Waals surface area (Å²) in [6, 6.07) is 31.0. The van der Waals surface area contributed by atoms with Crippen molar-refractivity contribution in [3.05, 3.63) is 103 Å². The summed E-state index contributed by atoms with van der Waals surface area (Å²) in [4.78, 5) is 0.885. The summed E-state index contributed by atoms with van der Waals surface area (Å²) in [5.41, 5.74) is 0. The van der Waals surface area contributed by atoms with E-state index < -0.39 is 19.1 Å². The van der Waals surface area contributed by atoms with Crippen LogP contribution in [0.15, 0.2) is 108 Å². The Morgan fingerprint density at radius 3 is 1.78 bits per heavy atom. The first-order chi connectivity index (χ1) is 15.3. The lowest BCUT2D eigenvalue weighted by Gasteiger charge is -2.42. The Labute approximate surface area is 196 Å². The lowest BCUT2D eigenvalue weighted by molar-refractivity contribution is 0.338. The van der Waals surface area contributed by atoms with E-state index in [-0.39, 0.29) is 11.0 Å². The maximum Gasteiger partial charge on any atom is 0.261 e. The number of rotatable bonds is 9. The van der Waals surface area contributed by atoms with Crippen LogP contribution in [0.3, 0.4) is 0 Å². The van der Waals surface area contributed by atoms with Crippen molar-refractivity contribution in [1.82, 2.24) is 0 Å². The molecule has 0 aliphatic rings. The zero-order chi connectivity index (χ0) is 23.0. The van der Waals surface area contributed by atoms with Crippen LogP contribution in [0.5, 0.6) is 0 Å². The predicted octanol–water partition coefficient (Wildman–Crippen LogP) is 5.56. The zero-order valence-corrected chi connectivity index (χ0v) is 21.3. The van der Waals surface area contributed by atoms with Gasteiger partial charge in [-0.05, 0) is 33.5 Å². The van der Waals surface area contributed by atoms with Crippen LogP contribution in [0.1, 0.15) is 27.7 Å². The molecule has 168 valence electrons. The fourth-order valence-corrected chi connectivity index (χ4v) is 9.93. The predicted molar refractivity (Wildman–Crippen MR) is 140 cm³/mol. The average Bonchev–Trinajstić information content (AvgIpc) is 2.80. The molecule has 0 amide bonds. The second-order valence-corrected chi connectivity index (χ2v) is 15.0. The van der Waals surface area contributed by atoms with E-state index in [2.05, 4.69) is 101 Å². The van der Waals surface area contributed by atoms with Gasteiger partial charge in [-0.2, -0.15) is 0 Å². The first-order valence-electron chi connectivity index (χ1n) is 11.2. The zero-order valence-electron chi connectivity index (χ0n) is 19.5. The van der Waals surface area contributed by atoms with Gasteiger partial charge in [-0.25, -0.2) is 0 Å². The van der Waals surface area contributed by atoms with Gasteiger partial charge in [0.1, 0.15) is 0 Å². The summed E-state index contributed by atoms with van der Waals surface area (Å²) in [5, 5.41) is 2.53. The highest BCUT2D eigenvalue weighted by atomic mass is 32.2. The van der Waals surface area contributed by atoms with Gasteiger partial charge in [0.2, 0.25) is 0 Å². The molecule has 32 heavy (non-hydrogen) atoms. The topological polar surface area (TPSA) is 26.3 Å². The molecule has 3 rings (SSSR count). The van der Waals surface area contributed by atoms with Gasteiger partial charge in [0, 0.05) is 10.6 Å². The van der Waals surface area contributed by atoms with Crippen molar-refractivity contribution >= 4 is 29.5 Å². The summed E-state index contributed by atoms with van der Waals surface area (Å²) in [7, 11) is -3.51. The molecule has 0 radical (unpaired) electrons. The molecule has 0 spiro atoms. The van der Waals surface area contributed by atoms with E-state index in [1.54, 1.807) is 0 Å². The summed E-state index contributed by atoms with van der Waals surface area (Å²) in [6.07, 6.45) is 4.24. The molecule has 0 saturated carbocycles. The van der Waals surface area contributed by atoms with E-state index in [0.29, 0.717) is 12.4 Å². The number of benzene rings is 3. The van der Waals surface area contributed by atoms with E-state index in [4.69, 9.17) is 4.43 Å². The third-order valence-corrected chi connectivity index (χ3v) is 12.3. The van der Waals surface area contributed by atoms with Gasteiger partial charge < -0.3 is 4.43 Å². The number of hydrogen-bond acceptors (Lipinski definition) is 2. The second kappa shape index (κ2) is 11.0. The first kappa shape index (κ1) is 24.4. The minimum absolute atomic E-state index is 0.0377. The molecule has 3 aromatic carbocycles. The van der Waals surface area contributed by atoms with Crippen molar-refractivity contribution in [3.63, 3.8) is 0 Å². The van der Waals surface area contributed by atoms with E-state index in [1.165, 1.54) is 10.4 Å². The Morgan fingerprint density at radius 1 is 0.844 bits per heavy atom. The molecule has 3 aromatic rings. The average molecular weight is 463 g/mol. The van der Waals surface area contributed by atoms with Crippen molar-refractivity contribution < 1.29 is 8.63 Å². The Morgan fingerprint density at radius 2 is 1.31 bits per heavy atom. The van der Waals surface area contributed by atoms with Crippen LogP contribution < -0.4 is 10.4 Å². The van der Waals surface area contributed by atoms with E-state index in [9.17, 15) is 4.21 Å². The quantitative estimate of drug-likeness (QED) is 0.307. The minimum atomic E-state index is -2.52. The van der Waals surface area contributed by atoms with Gasteiger partial charge in [0.25, 0.3) is 8.32 Å². The molecule has 0 heterocycles. The molecule has 4 heteroatoms. The maximum absolute atomic E-state index is 12.6. The minimum Gasteiger partial charge on any atom is -0.404 e. The standard InChI is InChI=1S/C28H34O2SSi/c1-24(23-31(29)25-16-8-5-9-17-25)15-14-22-30-32(28(2,3)4,26-18-10-6-11-19-26)27-20-12-7-13-21-27/h5-21,24H,22-23H2,1-4H3/b15-14-/t24-,31-/m0/s1. The monoisotopic (exact) mass is 462 g/mol. The van der Waals surface area contributed by atoms with E-state index in [0.717, 1.165) is 4.90 Å². The van der Waals surface area contributed by atoms with Gasteiger partial charge in [-0.15, -0.1) is 0 Å². The van der Waals surface area contributed by atoms with E-state index in [1.807, 2.05) is 30.3 Å². The fraction of sp³-hybridized carbons (Fsp3) is 0.286. The van der Waals surface area contributed by atoms with Crippen molar-refractivity contribution in [2.24, 2.45) is 5.92 Å². The molecule has 0 aromatic heterocycles. The maximum atomic E-state index is 12.6. The number of allylic oxidation sites excluding steroid dienone is 1.